The van der Waals surface area contributed by atoms with Crippen LogP contribution in [0.1, 0.15) is 5.76 Å². The minimum Gasteiger partial charge on any atom is -0.393 e. The van der Waals surface area contributed by atoms with Gasteiger partial charge in [0.05, 0.1) is 0 Å². The van der Waals surface area contributed by atoms with Gasteiger partial charge >= 0.3 is 0 Å². The molecule has 0 aliphatic carbocycles. The number of rotatable bonds is 4. The van der Waals surface area contributed by atoms with E-state index in [1.165, 1.54) is 6.33 Å². The number of hydrogen-bond donors (Lipinski definition) is 2. The van der Waals surface area contributed by atoms with Crippen LogP contribution in [0.4, 0.5) is 28.8 Å². The fourth-order valence-electron chi connectivity index (χ4n) is 3.13. The second-order valence-corrected chi connectivity index (χ2v) is 6.80. The van der Waals surface area contributed by atoms with Crippen molar-refractivity contribution in [2.45, 2.75) is 6.92 Å². The standard InChI is InChI=1S/C18H20ClN7O/c1-12-9-15(24-27-12)23-17-16(20)18(22-11-21-17)26-7-5-25(6-8-26)14-4-2-3-13(19)10-14/h2-4,9-11H,5-8,20H2,1H3,(H,21,22,23,24). The van der Waals surface area contributed by atoms with E-state index in [2.05, 4.69) is 36.3 Å². The molecule has 9 heteroatoms. The van der Waals surface area contributed by atoms with Gasteiger partial charge in [-0.2, -0.15) is 0 Å². The predicted octanol–water partition coefficient (Wildman–Crippen LogP) is 3.08. The van der Waals surface area contributed by atoms with E-state index in [9.17, 15) is 0 Å². The Balaban J connectivity index is 1.47. The number of benzene rings is 1. The van der Waals surface area contributed by atoms with E-state index >= 15 is 0 Å². The molecule has 1 fully saturated rings. The highest BCUT2D eigenvalue weighted by Crippen LogP contribution is 2.30. The lowest BCUT2D eigenvalue weighted by Gasteiger charge is -2.37. The van der Waals surface area contributed by atoms with Gasteiger partial charge < -0.3 is 25.4 Å². The molecule has 140 valence electrons. The summed E-state index contributed by atoms with van der Waals surface area (Å²) in [5, 5.41) is 7.74. The van der Waals surface area contributed by atoms with Gasteiger partial charge in [-0.15, -0.1) is 0 Å². The lowest BCUT2D eigenvalue weighted by molar-refractivity contribution is 0.400. The summed E-state index contributed by atoms with van der Waals surface area (Å²) in [7, 11) is 0. The van der Waals surface area contributed by atoms with Gasteiger partial charge in [0, 0.05) is 43.0 Å². The third-order valence-electron chi connectivity index (χ3n) is 4.49. The smallest absolute Gasteiger partial charge is 0.175 e. The van der Waals surface area contributed by atoms with Gasteiger partial charge in [-0.1, -0.05) is 22.8 Å². The molecule has 3 N–H and O–H groups in total. The van der Waals surface area contributed by atoms with Crippen molar-refractivity contribution in [3.8, 4) is 0 Å². The van der Waals surface area contributed by atoms with Crippen LogP contribution < -0.4 is 20.9 Å². The average molecular weight is 386 g/mol. The molecule has 8 nitrogen and oxygen atoms in total. The maximum absolute atomic E-state index is 6.32. The van der Waals surface area contributed by atoms with Crippen LogP contribution in [0.2, 0.25) is 5.02 Å². The SMILES string of the molecule is Cc1cc(Nc2ncnc(N3CCN(c4cccc(Cl)c4)CC3)c2N)no1. The zero-order valence-electron chi connectivity index (χ0n) is 14.9. The van der Waals surface area contributed by atoms with E-state index in [-0.39, 0.29) is 0 Å². The summed E-state index contributed by atoms with van der Waals surface area (Å²) < 4.78 is 5.06. The second-order valence-electron chi connectivity index (χ2n) is 6.36. The van der Waals surface area contributed by atoms with Gasteiger partial charge in [0.15, 0.2) is 17.5 Å². The van der Waals surface area contributed by atoms with Crippen molar-refractivity contribution in [3.63, 3.8) is 0 Å². The molecule has 2 aromatic heterocycles. The normalized spacial score (nSPS) is 14.4. The number of nitrogens with two attached hydrogens (primary N) is 1. The number of anilines is 5. The number of halogens is 1. The average Bonchev–Trinajstić information content (AvgIpc) is 3.08. The highest BCUT2D eigenvalue weighted by atomic mass is 35.5. The predicted molar refractivity (Wildman–Crippen MR) is 107 cm³/mol. The van der Waals surface area contributed by atoms with Crippen LogP contribution in [-0.4, -0.2) is 41.3 Å². The number of nitrogen functional groups attached to an aromatic ring is 1. The Hall–Kier alpha value is -3.00. The largest absolute Gasteiger partial charge is 0.393 e. The molecule has 1 saturated heterocycles. The molecule has 0 atom stereocenters. The van der Waals surface area contributed by atoms with E-state index in [4.69, 9.17) is 21.9 Å². The van der Waals surface area contributed by atoms with Gasteiger partial charge in [0.25, 0.3) is 0 Å². The Bertz CT molecular complexity index is 937. The molecule has 27 heavy (non-hydrogen) atoms. The molecular formula is C18H20ClN7O. The van der Waals surface area contributed by atoms with Gasteiger partial charge in [-0.3, -0.25) is 0 Å². The minimum absolute atomic E-state index is 0.495. The number of nitrogens with one attached hydrogen (secondary N) is 1. The third kappa shape index (κ3) is 3.75. The number of nitrogens with zero attached hydrogens (tertiary/aromatic N) is 5. The third-order valence-corrected chi connectivity index (χ3v) is 4.72. The molecule has 0 spiro atoms. The fourth-order valence-corrected chi connectivity index (χ4v) is 3.32. The minimum atomic E-state index is 0.495. The highest BCUT2D eigenvalue weighted by Gasteiger charge is 2.22. The van der Waals surface area contributed by atoms with E-state index < -0.39 is 0 Å². The van der Waals surface area contributed by atoms with Crippen molar-refractivity contribution in [1.29, 1.82) is 0 Å². The number of aryl methyl sites for hydroxylation is 1. The Morgan fingerprint density at radius 1 is 1.11 bits per heavy atom. The molecule has 1 aliphatic rings. The maximum Gasteiger partial charge on any atom is 0.175 e. The Labute approximate surface area is 161 Å². The maximum atomic E-state index is 6.32. The van der Waals surface area contributed by atoms with Crippen LogP contribution in [0, 0.1) is 6.92 Å². The van der Waals surface area contributed by atoms with Crippen molar-refractivity contribution >= 4 is 40.4 Å². The summed E-state index contributed by atoms with van der Waals surface area (Å²) in [6.07, 6.45) is 1.50. The van der Waals surface area contributed by atoms with Crippen molar-refractivity contribution in [2.24, 2.45) is 0 Å². The molecule has 0 saturated carbocycles. The van der Waals surface area contributed by atoms with Crippen molar-refractivity contribution in [2.75, 3.05) is 47.0 Å². The molecule has 3 aromatic rings. The lowest BCUT2D eigenvalue weighted by atomic mass is 10.2. The van der Waals surface area contributed by atoms with Crippen LogP contribution in [-0.2, 0) is 0 Å². The first-order chi connectivity index (χ1) is 13.1. The zero-order valence-corrected chi connectivity index (χ0v) is 15.6. The Morgan fingerprint density at radius 2 is 1.89 bits per heavy atom. The van der Waals surface area contributed by atoms with Gasteiger partial charge in [0.2, 0.25) is 0 Å². The Kier molecular flexibility index (Phi) is 4.72. The summed E-state index contributed by atoms with van der Waals surface area (Å²) in [5.41, 5.74) is 7.94. The Morgan fingerprint density at radius 3 is 2.59 bits per heavy atom. The number of aromatic nitrogens is 3. The number of hydrogen-bond acceptors (Lipinski definition) is 8. The first kappa shape index (κ1) is 17.4. The van der Waals surface area contributed by atoms with Crippen LogP contribution in [0.5, 0.6) is 0 Å². The molecular weight excluding hydrogens is 366 g/mol. The summed E-state index contributed by atoms with van der Waals surface area (Å²) >= 11 is 6.11. The molecule has 0 bridgehead atoms. The second kappa shape index (κ2) is 7.32. The monoisotopic (exact) mass is 385 g/mol. The van der Waals surface area contributed by atoms with Crippen LogP contribution >= 0.6 is 11.6 Å². The van der Waals surface area contributed by atoms with Crippen molar-refractivity contribution < 1.29 is 4.52 Å². The van der Waals surface area contributed by atoms with Crippen LogP contribution in [0.25, 0.3) is 0 Å². The van der Waals surface area contributed by atoms with Crippen LogP contribution in [0.15, 0.2) is 41.2 Å². The van der Waals surface area contributed by atoms with Gasteiger partial charge in [0.1, 0.15) is 17.8 Å². The van der Waals surface area contributed by atoms with E-state index in [1.807, 2.05) is 25.1 Å². The molecule has 0 unspecified atom stereocenters. The van der Waals surface area contributed by atoms with Crippen molar-refractivity contribution in [3.05, 3.63) is 47.4 Å². The van der Waals surface area contributed by atoms with E-state index in [0.717, 1.165) is 42.7 Å². The topological polar surface area (TPSA) is 96.3 Å². The summed E-state index contributed by atoms with van der Waals surface area (Å²) in [6, 6.07) is 9.69. The molecule has 0 radical (unpaired) electrons. The van der Waals surface area contributed by atoms with Crippen molar-refractivity contribution in [1.82, 2.24) is 15.1 Å². The lowest BCUT2D eigenvalue weighted by Crippen LogP contribution is -2.47. The summed E-state index contributed by atoms with van der Waals surface area (Å²) in [5.74, 6) is 2.51. The fraction of sp³-hybridized carbons (Fsp3) is 0.278. The quantitative estimate of drug-likeness (QED) is 0.707. The molecule has 4 rings (SSSR count). The number of piperazine rings is 1. The molecule has 0 amide bonds. The summed E-state index contributed by atoms with van der Waals surface area (Å²) in [6.45, 7) is 5.14. The summed E-state index contributed by atoms with van der Waals surface area (Å²) in [4.78, 5) is 13.1. The zero-order chi connectivity index (χ0) is 18.8. The first-order valence-electron chi connectivity index (χ1n) is 8.66. The highest BCUT2D eigenvalue weighted by molar-refractivity contribution is 6.30. The van der Waals surface area contributed by atoms with Gasteiger partial charge in [-0.25, -0.2) is 9.97 Å². The molecule has 1 aromatic carbocycles. The molecule has 3 heterocycles. The van der Waals surface area contributed by atoms with E-state index in [0.29, 0.717) is 23.1 Å². The van der Waals surface area contributed by atoms with E-state index in [1.54, 1.807) is 6.07 Å². The van der Waals surface area contributed by atoms with Crippen LogP contribution in [0.3, 0.4) is 0 Å². The molecule has 1 aliphatic heterocycles. The first-order valence-corrected chi connectivity index (χ1v) is 9.04. The van der Waals surface area contributed by atoms with Gasteiger partial charge in [-0.05, 0) is 25.1 Å².